The summed E-state index contributed by atoms with van der Waals surface area (Å²) in [7, 11) is 1.71. The van der Waals surface area contributed by atoms with E-state index >= 15 is 0 Å². The molecule has 0 spiro atoms. The van der Waals surface area contributed by atoms with Crippen LogP contribution in [-0.4, -0.2) is 112 Å². The van der Waals surface area contributed by atoms with Gasteiger partial charge in [0.2, 0.25) is 11.8 Å². The van der Waals surface area contributed by atoms with E-state index in [0.717, 1.165) is 50.6 Å². The number of carbonyl (C=O) groups excluding carboxylic acids is 5. The molecule has 2 saturated heterocycles. The first-order valence-corrected chi connectivity index (χ1v) is 13.7. The number of piperidine rings is 1. The summed E-state index contributed by atoms with van der Waals surface area (Å²) in [4.78, 5) is 67.3. The van der Waals surface area contributed by atoms with E-state index in [-0.39, 0.29) is 29.7 Å². The summed E-state index contributed by atoms with van der Waals surface area (Å²) in [5, 5.41) is 9.54. The predicted octanol–water partition coefficient (Wildman–Crippen LogP) is -0.581. The number of nitrogens with zero attached hydrogens (tertiary/aromatic N) is 5. The van der Waals surface area contributed by atoms with Crippen molar-refractivity contribution in [1.29, 1.82) is 0 Å². The van der Waals surface area contributed by atoms with Crippen LogP contribution in [0.15, 0.2) is 24.4 Å². The molecule has 0 radical (unpaired) electrons. The second kappa shape index (κ2) is 12.1. The third-order valence-electron chi connectivity index (χ3n) is 7.58. The Morgan fingerprint density at radius 2 is 1.83 bits per heavy atom. The number of rotatable bonds is 11. The number of primary amides is 1. The first kappa shape index (κ1) is 28.2. The average Bonchev–Trinajstić information content (AvgIpc) is 3.44. The van der Waals surface area contributed by atoms with Crippen molar-refractivity contribution in [2.45, 2.75) is 25.3 Å². The van der Waals surface area contributed by atoms with Gasteiger partial charge in [0.25, 0.3) is 17.7 Å². The van der Waals surface area contributed by atoms with Crippen LogP contribution in [-0.2, 0) is 16.6 Å². The lowest BCUT2D eigenvalue weighted by atomic mass is 10.0. The Hall–Kier alpha value is -4.30. The summed E-state index contributed by atoms with van der Waals surface area (Å²) >= 11 is 0. The molecule has 0 bridgehead atoms. The molecule has 4 heterocycles. The van der Waals surface area contributed by atoms with Gasteiger partial charge in [-0.05, 0) is 25.0 Å². The summed E-state index contributed by atoms with van der Waals surface area (Å²) in [6, 6.07) is 4.07. The number of aromatic nitrogens is 2. The zero-order chi connectivity index (χ0) is 29.1. The van der Waals surface area contributed by atoms with Crippen LogP contribution in [0.25, 0.3) is 0 Å². The van der Waals surface area contributed by atoms with E-state index < -0.39 is 35.6 Å². The highest BCUT2D eigenvalue weighted by Crippen LogP contribution is 2.32. The van der Waals surface area contributed by atoms with Gasteiger partial charge in [-0.25, -0.2) is 0 Å². The van der Waals surface area contributed by atoms with Crippen molar-refractivity contribution in [3.63, 3.8) is 0 Å². The zero-order valence-electron chi connectivity index (χ0n) is 22.9. The van der Waals surface area contributed by atoms with Gasteiger partial charge in [0, 0.05) is 65.0 Å². The highest BCUT2D eigenvalue weighted by atomic mass is 16.5. The molecule has 1 aromatic heterocycles. The van der Waals surface area contributed by atoms with Gasteiger partial charge in [-0.1, -0.05) is 6.07 Å². The Balaban J connectivity index is 1.06. The van der Waals surface area contributed by atoms with Gasteiger partial charge in [0.1, 0.15) is 6.04 Å². The van der Waals surface area contributed by atoms with Crippen molar-refractivity contribution in [1.82, 2.24) is 29.8 Å². The zero-order valence-corrected chi connectivity index (χ0v) is 22.9. The molecule has 2 aromatic rings. The molecule has 1 atom stereocenters. The van der Waals surface area contributed by atoms with E-state index in [1.807, 2.05) is 0 Å². The number of hydrogen-bond acceptors (Lipinski definition) is 10. The molecule has 41 heavy (non-hydrogen) atoms. The van der Waals surface area contributed by atoms with Gasteiger partial charge in [-0.15, -0.1) is 0 Å². The molecule has 1 aromatic carbocycles. The Morgan fingerprint density at radius 3 is 2.54 bits per heavy atom. The number of benzene rings is 1. The van der Waals surface area contributed by atoms with Gasteiger partial charge in [-0.3, -0.25) is 43.8 Å². The fraction of sp³-hybridized carbons (Fsp3) is 0.481. The fourth-order valence-corrected chi connectivity index (χ4v) is 5.46. The largest absolute Gasteiger partial charge is 0.489 e. The molecule has 4 N–H and O–H groups in total. The van der Waals surface area contributed by atoms with Crippen molar-refractivity contribution in [2.24, 2.45) is 12.8 Å². The summed E-state index contributed by atoms with van der Waals surface area (Å²) in [6.45, 7) is 6.28. The molecule has 5 amide bonds. The molecule has 0 aliphatic carbocycles. The lowest BCUT2D eigenvalue weighted by Gasteiger charge is -2.34. The van der Waals surface area contributed by atoms with Gasteiger partial charge in [0.05, 0.1) is 23.9 Å². The number of ether oxygens (including phenoxy) is 1. The molecule has 14 heteroatoms. The molecule has 218 valence electrons. The predicted molar refractivity (Wildman–Crippen MR) is 146 cm³/mol. The van der Waals surface area contributed by atoms with E-state index in [9.17, 15) is 24.0 Å². The van der Waals surface area contributed by atoms with Crippen LogP contribution in [0.4, 0.5) is 5.69 Å². The van der Waals surface area contributed by atoms with Crippen molar-refractivity contribution < 1.29 is 28.7 Å². The summed E-state index contributed by atoms with van der Waals surface area (Å²) in [6.07, 6.45) is 2.65. The van der Waals surface area contributed by atoms with Crippen molar-refractivity contribution >= 4 is 35.2 Å². The maximum atomic E-state index is 13.2. The normalized spacial score (nSPS) is 19.8. The number of hydrogen-bond donors (Lipinski definition) is 3. The minimum atomic E-state index is -0.987. The maximum Gasteiger partial charge on any atom is 0.273 e. The van der Waals surface area contributed by atoms with Gasteiger partial charge < -0.3 is 20.7 Å². The fourth-order valence-electron chi connectivity index (χ4n) is 5.46. The number of anilines is 1. The van der Waals surface area contributed by atoms with Crippen LogP contribution in [0, 0.1) is 0 Å². The van der Waals surface area contributed by atoms with E-state index in [2.05, 4.69) is 25.5 Å². The van der Waals surface area contributed by atoms with Crippen LogP contribution < -0.4 is 21.1 Å². The number of aryl methyl sites for hydroxylation is 1. The summed E-state index contributed by atoms with van der Waals surface area (Å²) in [5.74, 6) is -2.27. The molecular weight excluding hydrogens is 532 g/mol. The molecular formula is C27H34N8O6. The molecule has 0 saturated carbocycles. The van der Waals surface area contributed by atoms with Crippen LogP contribution in [0.2, 0.25) is 0 Å². The number of nitrogens with two attached hydrogens (primary N) is 1. The highest BCUT2D eigenvalue weighted by Gasteiger charge is 2.45. The monoisotopic (exact) mass is 566 g/mol. The first-order valence-electron chi connectivity index (χ1n) is 13.7. The quantitative estimate of drug-likeness (QED) is 0.236. The van der Waals surface area contributed by atoms with Crippen molar-refractivity contribution in [3.8, 4) is 5.75 Å². The lowest BCUT2D eigenvalue weighted by Crippen LogP contribution is -2.54. The van der Waals surface area contributed by atoms with Crippen LogP contribution in [0.5, 0.6) is 5.75 Å². The molecule has 3 aliphatic rings. The Bertz CT molecular complexity index is 1370. The Kier molecular flexibility index (Phi) is 8.31. The topological polar surface area (TPSA) is 172 Å². The summed E-state index contributed by atoms with van der Waals surface area (Å²) in [5.41, 5.74) is 6.56. The van der Waals surface area contributed by atoms with Crippen LogP contribution in [0.3, 0.4) is 0 Å². The van der Waals surface area contributed by atoms with E-state index in [4.69, 9.17) is 10.5 Å². The SMILES string of the molecule is Cn1cc(OCCCN2CCN(CCNc3cccc4c3C(=O)N(C3CCC(=O)NC3=O)C4=O)CC2)c(C(N)=O)n1. The number of carbonyl (C=O) groups is 5. The lowest BCUT2D eigenvalue weighted by molar-refractivity contribution is -0.136. The summed E-state index contributed by atoms with van der Waals surface area (Å²) < 4.78 is 7.21. The molecule has 5 rings (SSSR count). The molecule has 14 nitrogen and oxygen atoms in total. The smallest absolute Gasteiger partial charge is 0.273 e. The Morgan fingerprint density at radius 1 is 1.10 bits per heavy atom. The molecule has 1 unspecified atom stereocenters. The Labute approximate surface area is 236 Å². The highest BCUT2D eigenvalue weighted by molar-refractivity contribution is 6.25. The van der Waals surface area contributed by atoms with Gasteiger partial charge in [0.15, 0.2) is 11.4 Å². The first-order chi connectivity index (χ1) is 19.7. The number of imide groups is 2. The van der Waals surface area contributed by atoms with Crippen LogP contribution >= 0.6 is 0 Å². The average molecular weight is 567 g/mol. The third-order valence-corrected chi connectivity index (χ3v) is 7.58. The minimum Gasteiger partial charge on any atom is -0.489 e. The standard InChI is InChI=1S/C27H34N8O6/c1-32-16-20(23(31-32)24(28)37)41-15-3-9-33-11-13-34(14-12-33)10-8-29-18-5-2-4-17-22(18)27(40)35(26(17)39)19-6-7-21(36)30-25(19)38/h2,4-5,16,19,29H,3,6-15H2,1H3,(H2,28,37)(H,30,36,38). The number of fused-ring (bicyclic) bond motifs is 1. The van der Waals surface area contributed by atoms with E-state index in [0.29, 0.717) is 24.6 Å². The number of amides is 5. The van der Waals surface area contributed by atoms with Crippen molar-refractivity contribution in [2.75, 3.05) is 57.7 Å². The second-order valence-corrected chi connectivity index (χ2v) is 10.4. The third kappa shape index (κ3) is 6.07. The number of nitrogens with one attached hydrogen (secondary N) is 2. The van der Waals surface area contributed by atoms with Crippen molar-refractivity contribution in [3.05, 3.63) is 41.2 Å². The second-order valence-electron chi connectivity index (χ2n) is 10.4. The maximum absolute atomic E-state index is 13.2. The van der Waals surface area contributed by atoms with Crippen LogP contribution in [0.1, 0.15) is 50.5 Å². The minimum absolute atomic E-state index is 0.0825. The van der Waals surface area contributed by atoms with E-state index in [1.54, 1.807) is 31.4 Å². The molecule has 3 aliphatic heterocycles. The van der Waals surface area contributed by atoms with Gasteiger partial charge >= 0.3 is 0 Å². The van der Waals surface area contributed by atoms with Gasteiger partial charge in [-0.2, -0.15) is 5.10 Å². The number of piperazine rings is 1. The van der Waals surface area contributed by atoms with E-state index in [1.165, 1.54) is 4.68 Å². The molecule has 2 fully saturated rings.